The third-order valence-corrected chi connectivity index (χ3v) is 7.25. The molecule has 8 heteroatoms. The molecule has 3 aromatic rings. The third kappa shape index (κ3) is 7.27. The smallest absolute Gasteiger partial charge is 0.407 e. The van der Waals surface area contributed by atoms with Crippen LogP contribution in [0.4, 0.5) is 4.79 Å². The predicted octanol–water partition coefficient (Wildman–Crippen LogP) is 4.64. The number of benzene rings is 3. The van der Waals surface area contributed by atoms with E-state index in [1.165, 1.54) is 0 Å². The van der Waals surface area contributed by atoms with Crippen LogP contribution in [0.2, 0.25) is 0 Å². The summed E-state index contributed by atoms with van der Waals surface area (Å²) in [4.78, 5) is 39.7. The molecule has 2 atom stereocenters. The molecule has 210 valence electrons. The minimum absolute atomic E-state index is 0.00667. The maximum atomic E-state index is 13.2. The van der Waals surface area contributed by atoms with Crippen molar-refractivity contribution in [3.8, 4) is 11.1 Å². The number of carboxylic acid groups (broad SMARTS) is 1. The first-order valence-electron chi connectivity index (χ1n) is 13.7. The molecule has 8 nitrogen and oxygen atoms in total. The molecule has 0 aromatic heterocycles. The first kappa shape index (κ1) is 28.8. The van der Waals surface area contributed by atoms with Crippen molar-refractivity contribution in [1.29, 1.82) is 0 Å². The third-order valence-electron chi connectivity index (χ3n) is 7.25. The van der Waals surface area contributed by atoms with Crippen molar-refractivity contribution in [1.82, 2.24) is 15.5 Å². The quantitative estimate of drug-likeness (QED) is 0.290. The second kappa shape index (κ2) is 13.8. The van der Waals surface area contributed by atoms with Crippen LogP contribution in [0.15, 0.2) is 78.9 Å². The Hall–Kier alpha value is -4.17. The Labute approximate surface area is 235 Å². The lowest BCUT2D eigenvalue weighted by Gasteiger charge is -2.25. The monoisotopic (exact) mass is 543 g/mol. The molecule has 4 rings (SSSR count). The number of hydrogen-bond donors (Lipinski definition) is 3. The number of rotatable bonds is 13. The Morgan fingerprint density at radius 1 is 0.925 bits per heavy atom. The van der Waals surface area contributed by atoms with Crippen LogP contribution in [0, 0.1) is 5.92 Å². The molecule has 0 spiro atoms. The summed E-state index contributed by atoms with van der Waals surface area (Å²) < 4.78 is 5.68. The van der Waals surface area contributed by atoms with Gasteiger partial charge in [0, 0.05) is 25.6 Å². The van der Waals surface area contributed by atoms with Crippen molar-refractivity contribution in [3.63, 3.8) is 0 Å². The number of carbonyl (C=O) groups is 3. The number of hydrogen-bond acceptors (Lipinski definition) is 5. The van der Waals surface area contributed by atoms with Gasteiger partial charge in [0.15, 0.2) is 0 Å². The Kier molecular flexibility index (Phi) is 9.91. The van der Waals surface area contributed by atoms with Gasteiger partial charge in [-0.25, -0.2) is 4.79 Å². The fourth-order valence-electron chi connectivity index (χ4n) is 5.26. The van der Waals surface area contributed by atoms with Gasteiger partial charge < -0.3 is 20.5 Å². The van der Waals surface area contributed by atoms with Crippen LogP contribution in [0.1, 0.15) is 42.4 Å². The van der Waals surface area contributed by atoms with E-state index in [0.717, 1.165) is 27.8 Å². The van der Waals surface area contributed by atoms with Crippen LogP contribution in [0.5, 0.6) is 0 Å². The van der Waals surface area contributed by atoms with Gasteiger partial charge in [0.2, 0.25) is 5.91 Å². The highest BCUT2D eigenvalue weighted by Gasteiger charge is 2.30. The van der Waals surface area contributed by atoms with Crippen LogP contribution in [-0.4, -0.2) is 60.8 Å². The summed E-state index contributed by atoms with van der Waals surface area (Å²) >= 11 is 0. The van der Waals surface area contributed by atoms with Crippen molar-refractivity contribution < 1.29 is 24.2 Å². The van der Waals surface area contributed by atoms with E-state index in [1.807, 2.05) is 85.6 Å². The number of amides is 2. The fraction of sp³-hybridized carbons (Fsp3) is 0.344. The van der Waals surface area contributed by atoms with E-state index >= 15 is 0 Å². The summed E-state index contributed by atoms with van der Waals surface area (Å²) in [7, 11) is 1.86. The van der Waals surface area contributed by atoms with Crippen molar-refractivity contribution in [2.24, 2.45) is 5.92 Å². The first-order valence-corrected chi connectivity index (χ1v) is 13.7. The molecule has 2 unspecified atom stereocenters. The zero-order chi connectivity index (χ0) is 28.5. The number of nitrogens with one attached hydrogen (secondary N) is 2. The van der Waals surface area contributed by atoms with Gasteiger partial charge in [-0.15, -0.1) is 0 Å². The molecule has 1 aliphatic carbocycles. The lowest BCUT2D eigenvalue weighted by atomic mass is 9.98. The number of alkyl carbamates (subject to hydrolysis) is 1. The molecule has 40 heavy (non-hydrogen) atoms. The van der Waals surface area contributed by atoms with E-state index < -0.39 is 29.9 Å². The summed E-state index contributed by atoms with van der Waals surface area (Å²) in [5, 5.41) is 14.9. The van der Waals surface area contributed by atoms with Crippen LogP contribution >= 0.6 is 0 Å². The van der Waals surface area contributed by atoms with E-state index in [9.17, 15) is 19.5 Å². The first-order chi connectivity index (χ1) is 19.4. The molecule has 0 saturated carbocycles. The van der Waals surface area contributed by atoms with Gasteiger partial charge >= 0.3 is 12.1 Å². The molecule has 0 heterocycles. The lowest BCUT2D eigenvalue weighted by molar-refractivity contribution is -0.142. The van der Waals surface area contributed by atoms with E-state index in [4.69, 9.17) is 4.74 Å². The number of nitrogens with zero attached hydrogens (tertiary/aromatic N) is 1. The van der Waals surface area contributed by atoms with Crippen molar-refractivity contribution in [2.45, 2.75) is 38.3 Å². The minimum atomic E-state index is -0.954. The Bertz CT molecular complexity index is 1270. The average Bonchev–Trinajstić information content (AvgIpc) is 3.27. The highest BCUT2D eigenvalue weighted by molar-refractivity contribution is 5.86. The number of aliphatic carboxylic acids is 1. The Morgan fingerprint density at radius 2 is 1.52 bits per heavy atom. The van der Waals surface area contributed by atoms with Gasteiger partial charge in [-0.2, -0.15) is 0 Å². The fourth-order valence-corrected chi connectivity index (χ4v) is 5.26. The number of carbonyl (C=O) groups excluding carboxylic acids is 2. The summed E-state index contributed by atoms with van der Waals surface area (Å²) in [6.45, 7) is 2.82. The van der Waals surface area contributed by atoms with Crippen molar-refractivity contribution in [3.05, 3.63) is 95.6 Å². The molecule has 0 radical (unpaired) electrons. The predicted molar refractivity (Wildman–Crippen MR) is 154 cm³/mol. The van der Waals surface area contributed by atoms with E-state index in [2.05, 4.69) is 22.8 Å². The van der Waals surface area contributed by atoms with E-state index in [-0.39, 0.29) is 25.6 Å². The molecule has 0 bridgehead atoms. The zero-order valence-corrected chi connectivity index (χ0v) is 23.0. The van der Waals surface area contributed by atoms with Gasteiger partial charge in [-0.1, -0.05) is 92.2 Å². The molecule has 3 N–H and O–H groups in total. The molecule has 0 saturated heterocycles. The highest BCUT2D eigenvalue weighted by Crippen LogP contribution is 2.44. The van der Waals surface area contributed by atoms with Crippen LogP contribution < -0.4 is 10.6 Å². The summed E-state index contributed by atoms with van der Waals surface area (Å²) in [5.41, 5.74) is 5.53. The van der Waals surface area contributed by atoms with Crippen molar-refractivity contribution >= 4 is 18.0 Å². The van der Waals surface area contributed by atoms with E-state index in [1.54, 1.807) is 0 Å². The van der Waals surface area contributed by atoms with Gasteiger partial charge in [0.25, 0.3) is 0 Å². The van der Waals surface area contributed by atoms with Gasteiger partial charge in [-0.3, -0.25) is 14.5 Å². The second-order valence-corrected chi connectivity index (χ2v) is 10.3. The van der Waals surface area contributed by atoms with Crippen LogP contribution in [0.25, 0.3) is 11.1 Å². The summed E-state index contributed by atoms with van der Waals surface area (Å²) in [5.74, 6) is -2.19. The second-order valence-electron chi connectivity index (χ2n) is 10.3. The molecule has 1 aliphatic rings. The normalized spacial score (nSPS) is 13.7. The summed E-state index contributed by atoms with van der Waals surface area (Å²) in [6.07, 6.45) is 0.445. The van der Waals surface area contributed by atoms with E-state index in [0.29, 0.717) is 19.4 Å². The molecule has 2 amide bonds. The van der Waals surface area contributed by atoms with Crippen molar-refractivity contribution in [2.75, 3.05) is 26.7 Å². The largest absolute Gasteiger partial charge is 0.481 e. The SMILES string of the molecule is CCCC(CNC(=O)C(CN(C)Cc1ccccc1)NC(=O)OCC1c2ccccc2-c2ccccc21)C(=O)O. The summed E-state index contributed by atoms with van der Waals surface area (Å²) in [6, 6.07) is 25.1. The van der Waals surface area contributed by atoms with Crippen LogP contribution in [0.3, 0.4) is 0 Å². The number of fused-ring (bicyclic) bond motifs is 3. The number of carboxylic acids is 1. The average molecular weight is 544 g/mol. The van der Waals surface area contributed by atoms with Crippen LogP contribution in [-0.2, 0) is 20.9 Å². The maximum absolute atomic E-state index is 13.2. The number of ether oxygens (including phenoxy) is 1. The standard InChI is InChI=1S/C32H37N3O5/c1-3-11-23(31(37)38)18-33-30(36)29(20-35(2)19-22-12-5-4-6-13-22)34-32(39)40-21-28-26-16-9-7-14-24(26)25-15-8-10-17-27(25)28/h4-10,12-17,23,28-29H,3,11,18-21H2,1-2H3,(H,33,36)(H,34,39)(H,37,38). The van der Waals surface area contributed by atoms with Gasteiger partial charge in [-0.05, 0) is 41.3 Å². The molecular formula is C32H37N3O5. The number of likely N-dealkylation sites (N-methyl/N-ethyl adjacent to an activating group) is 1. The molecule has 0 fully saturated rings. The molecule has 0 aliphatic heterocycles. The topological polar surface area (TPSA) is 108 Å². The maximum Gasteiger partial charge on any atom is 0.407 e. The van der Waals surface area contributed by atoms with Gasteiger partial charge in [0.05, 0.1) is 5.92 Å². The molecule has 3 aromatic carbocycles. The van der Waals surface area contributed by atoms with Gasteiger partial charge in [0.1, 0.15) is 12.6 Å². The zero-order valence-electron chi connectivity index (χ0n) is 23.0. The molecular weight excluding hydrogens is 506 g/mol. The lowest BCUT2D eigenvalue weighted by Crippen LogP contribution is -2.53. The highest BCUT2D eigenvalue weighted by atomic mass is 16.5. The Balaban J connectivity index is 1.42. The minimum Gasteiger partial charge on any atom is -0.481 e. The Morgan fingerprint density at radius 3 is 2.12 bits per heavy atom.